The molecule has 6 rings (SSSR count). The van der Waals surface area contributed by atoms with Gasteiger partial charge in [-0.05, 0) is 70.8 Å². The molecule has 7 nitrogen and oxygen atoms in total. The van der Waals surface area contributed by atoms with Crippen LogP contribution in [0.2, 0.25) is 0 Å². The monoisotopic (exact) mass is 521 g/mol. The van der Waals surface area contributed by atoms with Crippen molar-refractivity contribution in [3.8, 4) is 23.0 Å². The summed E-state index contributed by atoms with van der Waals surface area (Å²) in [5.41, 5.74) is 5.41. The molecule has 3 aromatic rings. The van der Waals surface area contributed by atoms with Gasteiger partial charge in [-0.25, -0.2) is 0 Å². The van der Waals surface area contributed by atoms with E-state index in [4.69, 9.17) is 18.4 Å². The fourth-order valence-corrected chi connectivity index (χ4v) is 6.49. The minimum absolute atomic E-state index is 0.0757. The van der Waals surface area contributed by atoms with Gasteiger partial charge in [0.2, 0.25) is 6.79 Å². The van der Waals surface area contributed by atoms with Gasteiger partial charge in [0.1, 0.15) is 4.90 Å². The first-order chi connectivity index (χ1) is 17.6. The number of hydrogen-bond acceptors (Lipinski definition) is 7. The van der Waals surface area contributed by atoms with Gasteiger partial charge >= 0.3 is 10.1 Å². The number of benzene rings is 3. The second kappa shape index (κ2) is 8.67. The van der Waals surface area contributed by atoms with E-state index in [0.29, 0.717) is 12.3 Å². The molecule has 0 amide bonds. The summed E-state index contributed by atoms with van der Waals surface area (Å²) in [5, 5.41) is 0. The molecule has 0 aliphatic carbocycles. The molecule has 1 unspecified atom stereocenters. The van der Waals surface area contributed by atoms with E-state index >= 15 is 0 Å². The molecule has 37 heavy (non-hydrogen) atoms. The molecule has 0 saturated heterocycles. The Labute approximate surface area is 218 Å². The summed E-state index contributed by atoms with van der Waals surface area (Å²) in [6.45, 7) is 7.95. The average Bonchev–Trinajstić information content (AvgIpc) is 3.33. The van der Waals surface area contributed by atoms with Crippen molar-refractivity contribution >= 4 is 10.1 Å². The lowest BCUT2D eigenvalue weighted by atomic mass is 9.83. The molecule has 0 bridgehead atoms. The summed E-state index contributed by atoms with van der Waals surface area (Å²) in [5.74, 6) is 2.28. The SMILES string of the molecule is COc1ccc2c(c1OS(=O)(=O)c1ccc(C(C)(C)C)cc1)CN1CCc3cc4c(cc3C1C2)OCO4. The molecule has 3 aliphatic rings. The van der Waals surface area contributed by atoms with E-state index in [1.54, 1.807) is 18.2 Å². The van der Waals surface area contributed by atoms with Gasteiger partial charge in [0.15, 0.2) is 23.0 Å². The number of nitrogens with zero attached hydrogens (tertiary/aromatic N) is 1. The van der Waals surface area contributed by atoms with Gasteiger partial charge in [-0.3, -0.25) is 4.90 Å². The van der Waals surface area contributed by atoms with E-state index in [1.165, 1.54) is 18.2 Å². The Balaban J connectivity index is 1.34. The molecule has 3 aliphatic heterocycles. The first kappa shape index (κ1) is 24.1. The Bertz CT molecular complexity index is 1470. The van der Waals surface area contributed by atoms with Crippen molar-refractivity contribution in [3.05, 3.63) is 76.3 Å². The number of hydrogen-bond donors (Lipinski definition) is 0. The van der Waals surface area contributed by atoms with Gasteiger partial charge in [0.25, 0.3) is 0 Å². The lowest BCUT2D eigenvalue weighted by Crippen LogP contribution is -2.39. The lowest BCUT2D eigenvalue weighted by Gasteiger charge is -2.42. The Hall–Kier alpha value is -3.23. The summed E-state index contributed by atoms with van der Waals surface area (Å²) in [6, 6.07) is 15.1. The maximum atomic E-state index is 13.4. The highest BCUT2D eigenvalue weighted by Gasteiger charge is 2.36. The van der Waals surface area contributed by atoms with Crippen LogP contribution < -0.4 is 18.4 Å². The van der Waals surface area contributed by atoms with Crippen LogP contribution in [0.5, 0.6) is 23.0 Å². The molecule has 3 aromatic carbocycles. The minimum Gasteiger partial charge on any atom is -0.493 e. The van der Waals surface area contributed by atoms with E-state index in [1.807, 2.05) is 18.2 Å². The van der Waals surface area contributed by atoms with E-state index in [9.17, 15) is 8.42 Å². The quantitative estimate of drug-likeness (QED) is 0.440. The van der Waals surface area contributed by atoms with E-state index < -0.39 is 10.1 Å². The Morgan fingerprint density at radius 3 is 2.41 bits per heavy atom. The molecule has 0 N–H and O–H groups in total. The highest BCUT2D eigenvalue weighted by Crippen LogP contribution is 2.47. The third-order valence-corrected chi connectivity index (χ3v) is 8.86. The van der Waals surface area contributed by atoms with Crippen LogP contribution in [0.15, 0.2) is 53.4 Å². The molecule has 0 radical (unpaired) electrons. The van der Waals surface area contributed by atoms with E-state index in [2.05, 4.69) is 37.8 Å². The van der Waals surface area contributed by atoms with Gasteiger partial charge in [0.05, 0.1) is 7.11 Å². The second-order valence-electron chi connectivity index (χ2n) is 10.9. The van der Waals surface area contributed by atoms with Gasteiger partial charge in [-0.2, -0.15) is 8.42 Å². The molecule has 1 atom stereocenters. The summed E-state index contributed by atoms with van der Waals surface area (Å²) in [4.78, 5) is 2.50. The molecule has 0 spiro atoms. The van der Waals surface area contributed by atoms with E-state index in [-0.39, 0.29) is 28.9 Å². The number of fused-ring (bicyclic) bond motifs is 5. The highest BCUT2D eigenvalue weighted by molar-refractivity contribution is 7.87. The van der Waals surface area contributed by atoms with Crippen molar-refractivity contribution in [1.29, 1.82) is 0 Å². The minimum atomic E-state index is -4.06. The van der Waals surface area contributed by atoms with Gasteiger partial charge in [-0.1, -0.05) is 39.0 Å². The van der Waals surface area contributed by atoms with Gasteiger partial charge < -0.3 is 18.4 Å². The number of rotatable bonds is 4. The molecular formula is C29H31NO6S. The molecule has 3 heterocycles. The number of ether oxygens (including phenoxy) is 3. The zero-order valence-corrected chi connectivity index (χ0v) is 22.4. The van der Waals surface area contributed by atoms with Crippen molar-refractivity contribution in [1.82, 2.24) is 4.90 Å². The van der Waals surface area contributed by atoms with Crippen LogP contribution in [-0.4, -0.2) is 33.8 Å². The van der Waals surface area contributed by atoms with Crippen molar-refractivity contribution in [3.63, 3.8) is 0 Å². The lowest BCUT2D eigenvalue weighted by molar-refractivity contribution is 0.159. The third kappa shape index (κ3) is 4.22. The third-order valence-electron chi connectivity index (χ3n) is 7.62. The predicted molar refractivity (Wildman–Crippen MR) is 139 cm³/mol. The first-order valence-corrected chi connectivity index (χ1v) is 13.9. The van der Waals surface area contributed by atoms with Crippen molar-refractivity contribution in [2.24, 2.45) is 0 Å². The number of methoxy groups -OCH3 is 1. The largest absolute Gasteiger partial charge is 0.493 e. The Kier molecular flexibility index (Phi) is 5.65. The normalized spacial score (nSPS) is 18.5. The highest BCUT2D eigenvalue weighted by atomic mass is 32.2. The Morgan fingerprint density at radius 2 is 1.70 bits per heavy atom. The van der Waals surface area contributed by atoms with Crippen molar-refractivity contribution in [2.45, 2.75) is 56.5 Å². The molecule has 8 heteroatoms. The van der Waals surface area contributed by atoms with Crippen molar-refractivity contribution < 1.29 is 26.8 Å². The first-order valence-electron chi connectivity index (χ1n) is 12.5. The van der Waals surface area contributed by atoms with Crippen LogP contribution in [-0.2, 0) is 34.9 Å². The van der Waals surface area contributed by atoms with Crippen LogP contribution in [0.25, 0.3) is 0 Å². The molecule has 0 fully saturated rings. The predicted octanol–water partition coefficient (Wildman–Crippen LogP) is 5.14. The van der Waals surface area contributed by atoms with E-state index in [0.717, 1.165) is 47.6 Å². The fourth-order valence-electron chi connectivity index (χ4n) is 5.53. The average molecular weight is 522 g/mol. The van der Waals surface area contributed by atoms with Crippen LogP contribution in [0, 0.1) is 0 Å². The van der Waals surface area contributed by atoms with Crippen LogP contribution in [0.4, 0.5) is 0 Å². The second-order valence-corrected chi connectivity index (χ2v) is 12.4. The van der Waals surface area contributed by atoms with Crippen LogP contribution in [0.3, 0.4) is 0 Å². The Morgan fingerprint density at radius 1 is 0.973 bits per heavy atom. The molecule has 0 saturated carbocycles. The maximum Gasteiger partial charge on any atom is 0.339 e. The topological polar surface area (TPSA) is 74.3 Å². The molecule has 194 valence electrons. The van der Waals surface area contributed by atoms with Crippen LogP contribution in [0.1, 0.15) is 54.6 Å². The van der Waals surface area contributed by atoms with Crippen molar-refractivity contribution in [2.75, 3.05) is 20.4 Å². The summed E-state index contributed by atoms with van der Waals surface area (Å²) >= 11 is 0. The fraction of sp³-hybridized carbons (Fsp3) is 0.379. The van der Waals surface area contributed by atoms with Gasteiger partial charge in [-0.15, -0.1) is 0 Å². The van der Waals surface area contributed by atoms with Crippen LogP contribution >= 0.6 is 0 Å². The summed E-state index contributed by atoms with van der Waals surface area (Å²) in [6.07, 6.45) is 1.62. The zero-order chi connectivity index (χ0) is 25.9. The smallest absolute Gasteiger partial charge is 0.339 e. The molecule has 0 aromatic heterocycles. The summed E-state index contributed by atoms with van der Waals surface area (Å²) in [7, 11) is -2.52. The standard InChI is InChI=1S/C29H31NO6S/c1-29(2,3)20-6-8-21(9-7-20)37(31,32)36-28-23-16-30-12-11-19-14-26-27(35-17-34-26)15-22(19)24(30)13-18(23)5-10-25(28)33-4/h5-10,14-15,24H,11-13,16-17H2,1-4H3. The van der Waals surface area contributed by atoms with Gasteiger partial charge in [0, 0.05) is 24.7 Å². The zero-order valence-electron chi connectivity index (χ0n) is 21.5. The molecular weight excluding hydrogens is 490 g/mol. The summed E-state index contributed by atoms with van der Waals surface area (Å²) < 4.78 is 49.3. The maximum absolute atomic E-state index is 13.4.